The Balaban J connectivity index is 1.63. The van der Waals surface area contributed by atoms with Gasteiger partial charge in [0.2, 0.25) is 0 Å². The molecule has 1 aliphatic rings. The summed E-state index contributed by atoms with van der Waals surface area (Å²) in [5.41, 5.74) is 0.597. The van der Waals surface area contributed by atoms with Crippen LogP contribution in [-0.2, 0) is 11.3 Å². The van der Waals surface area contributed by atoms with E-state index >= 15 is 0 Å². The number of carbonyl (C=O) groups excluding carboxylic acids is 1. The Labute approximate surface area is 157 Å². The molecule has 1 fully saturated rings. The van der Waals surface area contributed by atoms with Gasteiger partial charge in [-0.3, -0.25) is 4.79 Å². The van der Waals surface area contributed by atoms with E-state index in [1.165, 1.54) is 11.0 Å². The Morgan fingerprint density at radius 1 is 1.33 bits per heavy atom. The van der Waals surface area contributed by atoms with Crippen molar-refractivity contribution in [3.05, 3.63) is 53.0 Å². The minimum atomic E-state index is -1.05. The number of carboxylic acids is 1. The first-order chi connectivity index (χ1) is 12.9. The fourth-order valence-corrected chi connectivity index (χ4v) is 3.04. The molecule has 7 heteroatoms. The molecule has 144 valence electrons. The van der Waals surface area contributed by atoms with Gasteiger partial charge in [-0.1, -0.05) is 6.07 Å². The predicted octanol–water partition coefficient (Wildman–Crippen LogP) is 3.12. The highest BCUT2D eigenvalue weighted by molar-refractivity contribution is 5.94. The van der Waals surface area contributed by atoms with E-state index in [0.717, 1.165) is 19.4 Å². The summed E-state index contributed by atoms with van der Waals surface area (Å²) in [7, 11) is 1.64. The summed E-state index contributed by atoms with van der Waals surface area (Å²) in [5, 5.41) is 9.10. The van der Waals surface area contributed by atoms with Crippen molar-refractivity contribution in [2.24, 2.45) is 0 Å². The van der Waals surface area contributed by atoms with E-state index in [-0.39, 0.29) is 24.1 Å². The predicted molar refractivity (Wildman–Crippen MR) is 97.1 cm³/mol. The monoisotopic (exact) mass is 373 g/mol. The van der Waals surface area contributed by atoms with Gasteiger partial charge in [0.25, 0.3) is 5.91 Å². The van der Waals surface area contributed by atoms with Crippen LogP contribution >= 0.6 is 0 Å². The van der Waals surface area contributed by atoms with E-state index < -0.39 is 5.97 Å². The van der Waals surface area contributed by atoms with Crippen LogP contribution in [-0.4, -0.2) is 48.2 Å². The lowest BCUT2D eigenvalue weighted by atomic mass is 10.2. The Kier molecular flexibility index (Phi) is 5.81. The van der Waals surface area contributed by atoms with Crippen molar-refractivity contribution >= 4 is 11.9 Å². The molecule has 1 amide bonds. The summed E-state index contributed by atoms with van der Waals surface area (Å²) in [6, 6.07) is 8.44. The largest absolute Gasteiger partial charge is 0.491 e. The second-order valence-corrected chi connectivity index (χ2v) is 6.62. The number of aryl methyl sites for hydroxylation is 1. The molecule has 1 aromatic heterocycles. The number of carboxylic acid groups (broad SMARTS) is 1. The number of hydrogen-bond donors (Lipinski definition) is 1. The number of amides is 1. The molecule has 1 aliphatic heterocycles. The lowest BCUT2D eigenvalue weighted by Gasteiger charge is -2.17. The van der Waals surface area contributed by atoms with Gasteiger partial charge in [0.15, 0.2) is 0 Å². The van der Waals surface area contributed by atoms with Gasteiger partial charge >= 0.3 is 5.97 Å². The van der Waals surface area contributed by atoms with E-state index in [9.17, 15) is 9.59 Å². The molecule has 2 heterocycles. The Hall–Kier alpha value is -2.80. The molecule has 1 aromatic carbocycles. The second-order valence-electron chi connectivity index (χ2n) is 6.62. The fraction of sp³-hybridized carbons (Fsp3) is 0.400. The summed E-state index contributed by atoms with van der Waals surface area (Å²) in [5.74, 6) is 0.109. The van der Waals surface area contributed by atoms with Gasteiger partial charge in [0.05, 0.1) is 12.6 Å². The maximum absolute atomic E-state index is 12.7. The average Bonchev–Trinajstić information content (AvgIpc) is 3.29. The minimum Gasteiger partial charge on any atom is -0.491 e. The maximum atomic E-state index is 12.7. The summed E-state index contributed by atoms with van der Waals surface area (Å²) >= 11 is 0. The zero-order valence-electron chi connectivity index (χ0n) is 15.4. The Morgan fingerprint density at radius 2 is 2.15 bits per heavy atom. The van der Waals surface area contributed by atoms with Gasteiger partial charge in [-0.25, -0.2) is 4.79 Å². The third kappa shape index (κ3) is 4.68. The van der Waals surface area contributed by atoms with Crippen molar-refractivity contribution in [1.29, 1.82) is 0 Å². The number of ether oxygens (including phenoxy) is 2. The molecule has 3 rings (SSSR count). The Bertz CT molecular complexity index is 822. The lowest BCUT2D eigenvalue weighted by Crippen LogP contribution is -2.26. The average molecular weight is 373 g/mol. The number of furan rings is 1. The van der Waals surface area contributed by atoms with Crippen LogP contribution < -0.4 is 4.74 Å². The lowest BCUT2D eigenvalue weighted by molar-refractivity contribution is 0.0677. The smallest absolute Gasteiger partial charge is 0.339 e. The van der Waals surface area contributed by atoms with Gasteiger partial charge in [-0.15, -0.1) is 0 Å². The molecule has 0 aliphatic carbocycles. The van der Waals surface area contributed by atoms with E-state index in [4.69, 9.17) is 19.0 Å². The molecular formula is C20H23NO6. The molecule has 7 nitrogen and oxygen atoms in total. The van der Waals surface area contributed by atoms with Gasteiger partial charge in [0.1, 0.15) is 29.4 Å². The number of carbonyl (C=O) groups is 2. The van der Waals surface area contributed by atoms with Crippen molar-refractivity contribution in [2.45, 2.75) is 32.4 Å². The second kappa shape index (κ2) is 8.26. The highest BCUT2D eigenvalue weighted by Crippen LogP contribution is 2.20. The number of rotatable bonds is 7. The highest BCUT2D eigenvalue weighted by Gasteiger charge is 2.19. The highest BCUT2D eigenvalue weighted by atomic mass is 16.5. The van der Waals surface area contributed by atoms with Crippen LogP contribution in [0.1, 0.15) is 45.1 Å². The van der Waals surface area contributed by atoms with Crippen LogP contribution in [0.5, 0.6) is 5.75 Å². The van der Waals surface area contributed by atoms with Gasteiger partial charge < -0.3 is 23.9 Å². The molecular weight excluding hydrogens is 350 g/mol. The summed E-state index contributed by atoms with van der Waals surface area (Å²) in [6.07, 6.45) is 2.15. The third-order valence-electron chi connectivity index (χ3n) is 4.48. The van der Waals surface area contributed by atoms with Gasteiger partial charge in [-0.05, 0) is 44.0 Å². The van der Waals surface area contributed by atoms with Crippen LogP contribution in [0.15, 0.2) is 34.7 Å². The third-order valence-corrected chi connectivity index (χ3v) is 4.48. The minimum absolute atomic E-state index is 0.107. The first kappa shape index (κ1) is 19.0. The fourth-order valence-electron chi connectivity index (χ4n) is 3.04. The summed E-state index contributed by atoms with van der Waals surface area (Å²) in [4.78, 5) is 25.3. The zero-order chi connectivity index (χ0) is 19.4. The molecule has 0 bridgehead atoms. The molecule has 1 saturated heterocycles. The van der Waals surface area contributed by atoms with Crippen LogP contribution in [0.25, 0.3) is 0 Å². The quantitative estimate of drug-likeness (QED) is 0.802. The first-order valence-electron chi connectivity index (χ1n) is 8.86. The van der Waals surface area contributed by atoms with Crippen molar-refractivity contribution < 1.29 is 28.6 Å². The van der Waals surface area contributed by atoms with Crippen molar-refractivity contribution in [1.82, 2.24) is 4.90 Å². The molecule has 2 aromatic rings. The van der Waals surface area contributed by atoms with Crippen LogP contribution in [0, 0.1) is 6.92 Å². The number of benzene rings is 1. The number of hydrogen-bond acceptors (Lipinski definition) is 5. The van der Waals surface area contributed by atoms with E-state index in [2.05, 4.69) is 0 Å². The summed E-state index contributed by atoms with van der Waals surface area (Å²) in [6.45, 7) is 3.00. The van der Waals surface area contributed by atoms with E-state index in [1.807, 2.05) is 0 Å². The van der Waals surface area contributed by atoms with Crippen molar-refractivity contribution in [2.75, 3.05) is 20.3 Å². The van der Waals surface area contributed by atoms with Crippen LogP contribution in [0.4, 0.5) is 0 Å². The molecule has 0 saturated carbocycles. The molecule has 0 unspecified atom stereocenters. The number of nitrogens with zero attached hydrogens (tertiary/aromatic N) is 1. The van der Waals surface area contributed by atoms with Crippen LogP contribution in [0.2, 0.25) is 0 Å². The molecule has 0 radical (unpaired) electrons. The van der Waals surface area contributed by atoms with Crippen LogP contribution in [0.3, 0.4) is 0 Å². The molecule has 0 spiro atoms. The number of aromatic carboxylic acids is 1. The zero-order valence-corrected chi connectivity index (χ0v) is 15.4. The van der Waals surface area contributed by atoms with Crippen molar-refractivity contribution in [3.63, 3.8) is 0 Å². The Morgan fingerprint density at radius 3 is 2.81 bits per heavy atom. The normalized spacial score (nSPS) is 16.3. The molecule has 27 heavy (non-hydrogen) atoms. The molecule has 1 atom stereocenters. The van der Waals surface area contributed by atoms with E-state index in [1.54, 1.807) is 38.2 Å². The summed E-state index contributed by atoms with van der Waals surface area (Å²) < 4.78 is 16.7. The van der Waals surface area contributed by atoms with Gasteiger partial charge in [-0.2, -0.15) is 0 Å². The standard InChI is InChI=1S/C20H23NO6/c1-13-18(20(23)24)10-17(27-13)11-21(2)19(22)14-5-3-6-15(9-14)26-12-16-7-4-8-25-16/h3,5-6,9-10,16H,4,7-8,11-12H2,1-2H3,(H,23,24)/t16-/m1/s1. The van der Waals surface area contributed by atoms with E-state index in [0.29, 0.717) is 29.4 Å². The van der Waals surface area contributed by atoms with Gasteiger partial charge in [0, 0.05) is 19.2 Å². The topological polar surface area (TPSA) is 89.2 Å². The molecule has 1 N–H and O–H groups in total. The van der Waals surface area contributed by atoms with Crippen molar-refractivity contribution in [3.8, 4) is 5.75 Å². The first-order valence-corrected chi connectivity index (χ1v) is 8.86. The SMILES string of the molecule is Cc1oc(CN(C)C(=O)c2cccc(OC[C@H]3CCCO3)c2)cc1C(=O)O. The maximum Gasteiger partial charge on any atom is 0.339 e.